The van der Waals surface area contributed by atoms with Gasteiger partial charge in [0.25, 0.3) is 0 Å². The van der Waals surface area contributed by atoms with Crippen molar-refractivity contribution in [1.82, 2.24) is 0 Å². The molecule has 5 nitrogen and oxygen atoms in total. The largest absolute Gasteiger partial charge is 0.324 e. The first kappa shape index (κ1) is 14.7. The fourth-order valence-corrected chi connectivity index (χ4v) is 1.72. The van der Waals surface area contributed by atoms with E-state index >= 15 is 0 Å². The van der Waals surface area contributed by atoms with E-state index in [9.17, 15) is 14.0 Å². The standard InChI is InChI=1S/C15H14FN3O2/c16-11-2-1-3-13(8-11)19-15(21)18-12-6-4-10(5-7-12)14(20)9-17/h1-8H,9,17H2,(H2,18,19,21). The number of carbonyl (C=O) groups excluding carboxylic acids is 2. The molecule has 0 saturated heterocycles. The van der Waals surface area contributed by atoms with Gasteiger partial charge in [-0.25, -0.2) is 9.18 Å². The van der Waals surface area contributed by atoms with Gasteiger partial charge in [0.1, 0.15) is 5.82 Å². The molecule has 0 fully saturated rings. The first-order valence-corrected chi connectivity index (χ1v) is 6.25. The second-order valence-electron chi connectivity index (χ2n) is 4.29. The van der Waals surface area contributed by atoms with Crippen molar-refractivity contribution in [3.8, 4) is 0 Å². The summed E-state index contributed by atoms with van der Waals surface area (Å²) in [7, 11) is 0. The van der Waals surface area contributed by atoms with E-state index in [1.54, 1.807) is 30.3 Å². The molecule has 108 valence electrons. The molecule has 6 heteroatoms. The van der Waals surface area contributed by atoms with Crippen LogP contribution in [0.15, 0.2) is 48.5 Å². The molecule has 0 radical (unpaired) electrons. The molecule has 0 aliphatic rings. The number of urea groups is 1. The van der Waals surface area contributed by atoms with Gasteiger partial charge in [0.15, 0.2) is 5.78 Å². The van der Waals surface area contributed by atoms with E-state index in [1.165, 1.54) is 18.2 Å². The highest BCUT2D eigenvalue weighted by Crippen LogP contribution is 2.12. The summed E-state index contributed by atoms with van der Waals surface area (Å²) in [6, 6.07) is 11.4. The lowest BCUT2D eigenvalue weighted by molar-refractivity contribution is 0.100. The molecule has 2 rings (SSSR count). The molecule has 0 atom stereocenters. The average molecular weight is 287 g/mol. The van der Waals surface area contributed by atoms with Crippen molar-refractivity contribution in [2.24, 2.45) is 5.73 Å². The zero-order valence-corrected chi connectivity index (χ0v) is 11.1. The number of carbonyl (C=O) groups is 2. The highest BCUT2D eigenvalue weighted by Gasteiger charge is 2.05. The molecule has 21 heavy (non-hydrogen) atoms. The van der Waals surface area contributed by atoms with Gasteiger partial charge in [-0.1, -0.05) is 6.07 Å². The predicted octanol–water partition coefficient (Wildman–Crippen LogP) is 2.61. The summed E-state index contributed by atoms with van der Waals surface area (Å²) in [6.07, 6.45) is 0. The van der Waals surface area contributed by atoms with Gasteiger partial charge in [-0.2, -0.15) is 0 Å². The number of halogens is 1. The Morgan fingerprint density at radius 1 is 1.00 bits per heavy atom. The van der Waals surface area contributed by atoms with Crippen LogP contribution in [-0.4, -0.2) is 18.4 Å². The quantitative estimate of drug-likeness (QED) is 0.756. The summed E-state index contributed by atoms with van der Waals surface area (Å²) in [6.45, 7) is -0.0627. The number of rotatable bonds is 4. The van der Waals surface area contributed by atoms with Crippen LogP contribution in [0.3, 0.4) is 0 Å². The van der Waals surface area contributed by atoms with Crippen LogP contribution >= 0.6 is 0 Å². The van der Waals surface area contributed by atoms with Crippen LogP contribution in [0.25, 0.3) is 0 Å². The van der Waals surface area contributed by atoms with Crippen molar-refractivity contribution in [3.63, 3.8) is 0 Å². The predicted molar refractivity (Wildman–Crippen MR) is 78.9 cm³/mol. The lowest BCUT2D eigenvalue weighted by atomic mass is 10.1. The van der Waals surface area contributed by atoms with Gasteiger partial charge < -0.3 is 16.4 Å². The van der Waals surface area contributed by atoms with Crippen molar-refractivity contribution < 1.29 is 14.0 Å². The van der Waals surface area contributed by atoms with E-state index in [-0.39, 0.29) is 12.3 Å². The van der Waals surface area contributed by atoms with Crippen LogP contribution in [0.5, 0.6) is 0 Å². The van der Waals surface area contributed by atoms with Crippen molar-refractivity contribution in [2.45, 2.75) is 0 Å². The number of amides is 2. The molecule has 2 amide bonds. The van der Waals surface area contributed by atoms with Crippen molar-refractivity contribution in [1.29, 1.82) is 0 Å². The minimum absolute atomic E-state index is 0.0627. The number of anilines is 2. The fourth-order valence-electron chi connectivity index (χ4n) is 1.72. The molecule has 0 unspecified atom stereocenters. The molecule has 0 aliphatic heterocycles. The first-order chi connectivity index (χ1) is 10.1. The third-order valence-corrected chi connectivity index (χ3v) is 2.73. The van der Waals surface area contributed by atoms with Crippen LogP contribution < -0.4 is 16.4 Å². The summed E-state index contributed by atoms with van der Waals surface area (Å²) in [5, 5.41) is 5.08. The number of ketones is 1. The maximum Gasteiger partial charge on any atom is 0.323 e. The third-order valence-electron chi connectivity index (χ3n) is 2.73. The van der Waals surface area contributed by atoms with Gasteiger partial charge in [-0.3, -0.25) is 4.79 Å². The fraction of sp³-hybridized carbons (Fsp3) is 0.0667. The van der Waals surface area contributed by atoms with E-state index in [0.29, 0.717) is 16.9 Å². The Hall–Kier alpha value is -2.73. The maximum atomic E-state index is 13.0. The number of nitrogens with two attached hydrogens (primary N) is 1. The van der Waals surface area contributed by atoms with Gasteiger partial charge in [-0.15, -0.1) is 0 Å². The van der Waals surface area contributed by atoms with E-state index in [4.69, 9.17) is 5.73 Å². The Morgan fingerprint density at radius 2 is 1.67 bits per heavy atom. The number of benzene rings is 2. The molecule has 0 bridgehead atoms. The molecular weight excluding hydrogens is 273 g/mol. The summed E-state index contributed by atoms with van der Waals surface area (Å²) in [4.78, 5) is 23.1. The average Bonchev–Trinajstić information content (AvgIpc) is 2.47. The molecule has 2 aromatic carbocycles. The second kappa shape index (κ2) is 6.62. The number of nitrogens with one attached hydrogen (secondary N) is 2. The van der Waals surface area contributed by atoms with E-state index in [2.05, 4.69) is 10.6 Å². The highest BCUT2D eigenvalue weighted by atomic mass is 19.1. The lowest BCUT2D eigenvalue weighted by Gasteiger charge is -2.08. The van der Waals surface area contributed by atoms with Crippen molar-refractivity contribution >= 4 is 23.2 Å². The molecule has 0 spiro atoms. The Bertz CT molecular complexity index is 656. The molecule has 0 aliphatic carbocycles. The van der Waals surface area contributed by atoms with Crippen LogP contribution in [0, 0.1) is 5.82 Å². The Balaban J connectivity index is 1.98. The van der Waals surface area contributed by atoms with Crippen LogP contribution in [-0.2, 0) is 0 Å². The maximum absolute atomic E-state index is 13.0. The minimum Gasteiger partial charge on any atom is -0.324 e. The highest BCUT2D eigenvalue weighted by molar-refractivity contribution is 6.01. The molecule has 0 heterocycles. The smallest absolute Gasteiger partial charge is 0.323 e. The Labute approximate surface area is 121 Å². The van der Waals surface area contributed by atoms with Crippen molar-refractivity contribution in [3.05, 3.63) is 59.9 Å². The Kier molecular flexibility index (Phi) is 4.63. The topological polar surface area (TPSA) is 84.2 Å². The zero-order valence-electron chi connectivity index (χ0n) is 11.1. The Morgan fingerprint density at radius 3 is 2.29 bits per heavy atom. The zero-order chi connectivity index (χ0) is 15.2. The summed E-state index contributed by atoms with van der Waals surface area (Å²) in [5.41, 5.74) is 6.60. The van der Waals surface area contributed by atoms with Crippen LogP contribution in [0.1, 0.15) is 10.4 Å². The normalized spacial score (nSPS) is 10.0. The van der Waals surface area contributed by atoms with E-state index < -0.39 is 11.8 Å². The SMILES string of the molecule is NCC(=O)c1ccc(NC(=O)Nc2cccc(F)c2)cc1. The first-order valence-electron chi connectivity index (χ1n) is 6.25. The van der Waals surface area contributed by atoms with Gasteiger partial charge in [-0.05, 0) is 42.5 Å². The molecule has 4 N–H and O–H groups in total. The lowest BCUT2D eigenvalue weighted by Crippen LogP contribution is -2.19. The number of Topliss-reactive ketones (excluding diaryl/α,β-unsaturated/α-hetero) is 1. The van der Waals surface area contributed by atoms with E-state index in [1.807, 2.05) is 0 Å². The molecule has 2 aromatic rings. The minimum atomic E-state index is -0.501. The summed E-state index contributed by atoms with van der Waals surface area (Å²) >= 11 is 0. The summed E-state index contributed by atoms with van der Waals surface area (Å²) < 4.78 is 13.0. The van der Waals surface area contributed by atoms with Gasteiger partial charge in [0.05, 0.1) is 6.54 Å². The van der Waals surface area contributed by atoms with Crippen LogP contribution in [0.4, 0.5) is 20.6 Å². The monoisotopic (exact) mass is 287 g/mol. The van der Waals surface area contributed by atoms with Gasteiger partial charge in [0, 0.05) is 16.9 Å². The molecule has 0 aromatic heterocycles. The van der Waals surface area contributed by atoms with Gasteiger partial charge in [0.2, 0.25) is 0 Å². The number of hydrogen-bond donors (Lipinski definition) is 3. The second-order valence-corrected chi connectivity index (χ2v) is 4.29. The third kappa shape index (κ3) is 4.12. The molecule has 0 saturated carbocycles. The van der Waals surface area contributed by atoms with E-state index in [0.717, 1.165) is 0 Å². The van der Waals surface area contributed by atoms with Gasteiger partial charge >= 0.3 is 6.03 Å². The number of hydrogen-bond acceptors (Lipinski definition) is 3. The molecular formula is C15H14FN3O2. The summed E-state index contributed by atoms with van der Waals surface area (Å²) in [5.74, 6) is -0.608. The van der Waals surface area contributed by atoms with Crippen molar-refractivity contribution in [2.75, 3.05) is 17.2 Å². The van der Waals surface area contributed by atoms with Crippen LogP contribution in [0.2, 0.25) is 0 Å².